The third kappa shape index (κ3) is 4.69. The minimum absolute atomic E-state index is 0.0267. The van der Waals surface area contributed by atoms with Gasteiger partial charge in [0.15, 0.2) is 9.84 Å². The summed E-state index contributed by atoms with van der Waals surface area (Å²) in [6.45, 7) is 9.14. The molecule has 0 aromatic heterocycles. The van der Waals surface area contributed by atoms with E-state index in [1.54, 1.807) is 0 Å². The minimum atomic E-state index is -2.87. The van der Waals surface area contributed by atoms with Crippen LogP contribution in [0.1, 0.15) is 47.0 Å². The van der Waals surface area contributed by atoms with E-state index in [0.29, 0.717) is 30.3 Å². The van der Waals surface area contributed by atoms with Crippen molar-refractivity contribution in [3.05, 3.63) is 0 Å². The minimum Gasteiger partial charge on any atom is -0.354 e. The van der Waals surface area contributed by atoms with Crippen LogP contribution >= 0.6 is 0 Å². The Balaban J connectivity index is 1.76. The van der Waals surface area contributed by atoms with E-state index >= 15 is 0 Å². The molecule has 1 heterocycles. The van der Waals surface area contributed by atoms with Crippen LogP contribution in [0.25, 0.3) is 0 Å². The lowest BCUT2D eigenvalue weighted by molar-refractivity contribution is -0.123. The van der Waals surface area contributed by atoms with Crippen molar-refractivity contribution in [1.29, 1.82) is 0 Å². The normalized spacial score (nSPS) is 34.5. The van der Waals surface area contributed by atoms with E-state index in [2.05, 4.69) is 31.4 Å². The fraction of sp³-hybridized carbons (Fsp3) is 0.938. The van der Waals surface area contributed by atoms with Gasteiger partial charge in [-0.25, -0.2) is 8.42 Å². The Hall–Kier alpha value is -0.620. The lowest BCUT2D eigenvalue weighted by Gasteiger charge is -2.23. The molecule has 1 saturated heterocycles. The lowest BCUT2D eigenvalue weighted by Crippen LogP contribution is -2.48. The summed E-state index contributed by atoms with van der Waals surface area (Å²) in [5.74, 6) is 1.09. The summed E-state index contributed by atoms with van der Waals surface area (Å²) in [5.41, 5.74) is 0.339. The van der Waals surface area contributed by atoms with Crippen molar-refractivity contribution in [2.45, 2.75) is 59.0 Å². The number of amides is 1. The standard InChI is InChI=1S/C16H30N2O3S/c1-11-7-16(3,4)8-14(11)18-12(2)15(19)17-9-13-5-6-22(20,21)10-13/h11-14,18H,5-10H2,1-4H3,(H,17,19)/t11-,12-,13+,14+/m0/s1. The fourth-order valence-corrected chi connectivity index (χ4v) is 5.81. The van der Waals surface area contributed by atoms with Gasteiger partial charge in [-0.05, 0) is 43.4 Å². The zero-order chi connectivity index (χ0) is 16.5. The first-order valence-corrected chi connectivity index (χ1v) is 10.1. The van der Waals surface area contributed by atoms with Gasteiger partial charge in [-0.2, -0.15) is 0 Å². The Morgan fingerprint density at radius 2 is 2.00 bits per heavy atom. The van der Waals surface area contributed by atoms with Crippen LogP contribution in [-0.2, 0) is 14.6 Å². The molecule has 4 atom stereocenters. The number of rotatable bonds is 5. The number of hydrogen-bond donors (Lipinski definition) is 2. The molecule has 6 heteroatoms. The molecule has 2 fully saturated rings. The van der Waals surface area contributed by atoms with E-state index in [1.807, 2.05) is 6.92 Å². The molecule has 0 spiro atoms. The average Bonchev–Trinajstić information content (AvgIpc) is 2.85. The van der Waals surface area contributed by atoms with Crippen LogP contribution in [0.4, 0.5) is 0 Å². The number of hydrogen-bond acceptors (Lipinski definition) is 4. The maximum atomic E-state index is 12.2. The van der Waals surface area contributed by atoms with Gasteiger partial charge in [0.05, 0.1) is 17.5 Å². The summed E-state index contributed by atoms with van der Waals surface area (Å²) < 4.78 is 22.8. The van der Waals surface area contributed by atoms with Gasteiger partial charge in [0, 0.05) is 12.6 Å². The monoisotopic (exact) mass is 330 g/mol. The Morgan fingerprint density at radius 1 is 1.32 bits per heavy atom. The molecule has 1 aliphatic carbocycles. The fourth-order valence-electron chi connectivity index (χ4n) is 3.94. The topological polar surface area (TPSA) is 75.3 Å². The molecular weight excluding hydrogens is 300 g/mol. The molecule has 1 aliphatic heterocycles. The van der Waals surface area contributed by atoms with Gasteiger partial charge in [0.2, 0.25) is 5.91 Å². The third-order valence-corrected chi connectivity index (χ3v) is 6.92. The molecule has 1 saturated carbocycles. The van der Waals surface area contributed by atoms with E-state index in [1.165, 1.54) is 6.42 Å². The van der Waals surface area contributed by atoms with Crippen molar-refractivity contribution in [3.8, 4) is 0 Å². The summed E-state index contributed by atoms with van der Waals surface area (Å²) in [6, 6.07) is 0.141. The Kier molecular flexibility index (Phi) is 5.22. The van der Waals surface area contributed by atoms with Crippen LogP contribution in [-0.4, -0.2) is 44.5 Å². The van der Waals surface area contributed by atoms with Crippen molar-refractivity contribution >= 4 is 15.7 Å². The Labute approximate surface area is 134 Å². The van der Waals surface area contributed by atoms with Gasteiger partial charge in [0.25, 0.3) is 0 Å². The van der Waals surface area contributed by atoms with Crippen molar-refractivity contribution < 1.29 is 13.2 Å². The van der Waals surface area contributed by atoms with Crippen LogP contribution in [0.5, 0.6) is 0 Å². The molecule has 2 aliphatic rings. The summed E-state index contributed by atoms with van der Waals surface area (Å²) >= 11 is 0. The molecule has 2 rings (SSSR count). The Morgan fingerprint density at radius 3 is 2.50 bits per heavy atom. The maximum absolute atomic E-state index is 12.2. The molecule has 0 radical (unpaired) electrons. The second kappa shape index (κ2) is 6.48. The number of carbonyl (C=O) groups excluding carboxylic acids is 1. The molecule has 1 amide bonds. The second-order valence-electron chi connectivity index (χ2n) is 8.06. The van der Waals surface area contributed by atoms with E-state index < -0.39 is 9.84 Å². The van der Waals surface area contributed by atoms with Crippen LogP contribution in [0.2, 0.25) is 0 Å². The zero-order valence-electron chi connectivity index (χ0n) is 14.2. The largest absolute Gasteiger partial charge is 0.354 e. The van der Waals surface area contributed by atoms with Gasteiger partial charge >= 0.3 is 0 Å². The van der Waals surface area contributed by atoms with E-state index in [0.717, 1.165) is 6.42 Å². The molecule has 0 unspecified atom stereocenters. The maximum Gasteiger partial charge on any atom is 0.236 e. The van der Waals surface area contributed by atoms with Crippen molar-refractivity contribution in [3.63, 3.8) is 0 Å². The first kappa shape index (κ1) is 17.7. The van der Waals surface area contributed by atoms with Crippen LogP contribution in [0.15, 0.2) is 0 Å². The van der Waals surface area contributed by atoms with Crippen molar-refractivity contribution in [2.75, 3.05) is 18.1 Å². The zero-order valence-corrected chi connectivity index (χ0v) is 15.0. The summed E-state index contributed by atoms with van der Waals surface area (Å²) in [4.78, 5) is 12.2. The van der Waals surface area contributed by atoms with E-state index in [-0.39, 0.29) is 29.4 Å². The predicted octanol–water partition coefficient (Wildman–Crippen LogP) is 1.34. The average molecular weight is 330 g/mol. The molecule has 22 heavy (non-hydrogen) atoms. The molecule has 128 valence electrons. The first-order chi connectivity index (χ1) is 10.1. The number of carbonyl (C=O) groups is 1. The molecular formula is C16H30N2O3S. The van der Waals surface area contributed by atoms with Gasteiger partial charge in [-0.15, -0.1) is 0 Å². The molecule has 0 aromatic rings. The molecule has 0 aromatic carbocycles. The summed E-state index contributed by atoms with van der Waals surface area (Å²) in [7, 11) is -2.87. The van der Waals surface area contributed by atoms with Crippen LogP contribution in [0, 0.1) is 17.3 Å². The summed E-state index contributed by atoms with van der Waals surface area (Å²) in [6.07, 6.45) is 2.93. The van der Waals surface area contributed by atoms with Crippen molar-refractivity contribution in [2.24, 2.45) is 17.3 Å². The Bertz CT molecular complexity index is 515. The van der Waals surface area contributed by atoms with Crippen molar-refractivity contribution in [1.82, 2.24) is 10.6 Å². The third-order valence-electron chi connectivity index (χ3n) is 5.08. The van der Waals surface area contributed by atoms with E-state index in [9.17, 15) is 13.2 Å². The highest BCUT2D eigenvalue weighted by atomic mass is 32.2. The van der Waals surface area contributed by atoms with Crippen LogP contribution in [0.3, 0.4) is 0 Å². The second-order valence-corrected chi connectivity index (χ2v) is 10.3. The van der Waals surface area contributed by atoms with Crippen LogP contribution < -0.4 is 10.6 Å². The van der Waals surface area contributed by atoms with Gasteiger partial charge in [-0.3, -0.25) is 4.79 Å². The smallest absolute Gasteiger partial charge is 0.236 e. The number of sulfone groups is 1. The van der Waals surface area contributed by atoms with Gasteiger partial charge in [-0.1, -0.05) is 20.8 Å². The predicted molar refractivity (Wildman–Crippen MR) is 88.3 cm³/mol. The molecule has 5 nitrogen and oxygen atoms in total. The molecule has 0 bridgehead atoms. The highest BCUT2D eigenvalue weighted by Crippen LogP contribution is 2.40. The quantitative estimate of drug-likeness (QED) is 0.798. The first-order valence-electron chi connectivity index (χ1n) is 8.32. The highest BCUT2D eigenvalue weighted by Gasteiger charge is 2.37. The van der Waals surface area contributed by atoms with Gasteiger partial charge < -0.3 is 10.6 Å². The summed E-state index contributed by atoms with van der Waals surface area (Å²) in [5, 5.41) is 6.35. The van der Waals surface area contributed by atoms with Gasteiger partial charge in [0.1, 0.15) is 0 Å². The molecule has 2 N–H and O–H groups in total. The lowest BCUT2D eigenvalue weighted by atomic mass is 9.91. The SMILES string of the molecule is C[C@H](N[C@@H]1CC(C)(C)C[C@@H]1C)C(=O)NC[C@H]1CCS(=O)(=O)C1. The highest BCUT2D eigenvalue weighted by molar-refractivity contribution is 7.91. The van der Waals surface area contributed by atoms with E-state index in [4.69, 9.17) is 0 Å². The number of nitrogens with one attached hydrogen (secondary N) is 2.